The molecule has 0 aromatic heterocycles. The molecular weight excluding hydrogens is 226 g/mol. The number of nitrogens with zero attached hydrogens (tertiary/aromatic N) is 1. The molecule has 0 radical (unpaired) electrons. The molecule has 92 valence electrons. The number of likely N-dealkylation sites (tertiary alicyclic amines) is 1. The molecular formula is C15H15NO2. The summed E-state index contributed by atoms with van der Waals surface area (Å²) in [5.41, 5.74) is 1.76. The summed E-state index contributed by atoms with van der Waals surface area (Å²) in [7, 11) is 0. The predicted octanol–water partition coefficient (Wildman–Crippen LogP) is 1.21. The lowest BCUT2D eigenvalue weighted by Crippen LogP contribution is -2.72. The largest absolute Gasteiger partial charge is 0.376 e. The van der Waals surface area contributed by atoms with E-state index in [2.05, 4.69) is 5.92 Å². The molecule has 1 spiro atoms. The van der Waals surface area contributed by atoms with Gasteiger partial charge in [-0.1, -0.05) is 24.1 Å². The minimum absolute atomic E-state index is 0.0160. The highest BCUT2D eigenvalue weighted by atomic mass is 16.5. The Kier molecular flexibility index (Phi) is 2.61. The van der Waals surface area contributed by atoms with Gasteiger partial charge < -0.3 is 9.64 Å². The van der Waals surface area contributed by atoms with Crippen molar-refractivity contribution < 1.29 is 9.53 Å². The second kappa shape index (κ2) is 4.15. The summed E-state index contributed by atoms with van der Waals surface area (Å²) in [4.78, 5) is 14.2. The predicted molar refractivity (Wildman–Crippen MR) is 68.0 cm³/mol. The van der Waals surface area contributed by atoms with Gasteiger partial charge in [-0.3, -0.25) is 4.79 Å². The van der Waals surface area contributed by atoms with Gasteiger partial charge in [0.2, 0.25) is 5.91 Å². The highest BCUT2D eigenvalue weighted by Crippen LogP contribution is 2.37. The number of carbonyl (C=O) groups is 1. The number of hydrogen-bond donors (Lipinski definition) is 0. The molecule has 0 aliphatic carbocycles. The molecule has 0 atom stereocenters. The molecule has 2 heterocycles. The van der Waals surface area contributed by atoms with Crippen LogP contribution in [-0.4, -0.2) is 36.1 Å². The number of hydrogen-bond acceptors (Lipinski definition) is 2. The van der Waals surface area contributed by atoms with Gasteiger partial charge in [0.05, 0.1) is 25.2 Å². The quantitative estimate of drug-likeness (QED) is 0.728. The topological polar surface area (TPSA) is 29.5 Å². The maximum absolute atomic E-state index is 12.3. The average Bonchev–Trinajstić information content (AvgIpc) is 2.26. The van der Waals surface area contributed by atoms with Crippen molar-refractivity contribution in [2.24, 2.45) is 0 Å². The second-order valence-electron chi connectivity index (χ2n) is 4.99. The van der Waals surface area contributed by atoms with Crippen LogP contribution in [0.3, 0.4) is 0 Å². The van der Waals surface area contributed by atoms with E-state index in [0.29, 0.717) is 19.6 Å². The van der Waals surface area contributed by atoms with E-state index in [1.54, 1.807) is 0 Å². The van der Waals surface area contributed by atoms with Crippen molar-refractivity contribution in [2.75, 3.05) is 19.8 Å². The third-order valence-corrected chi connectivity index (χ3v) is 3.93. The van der Waals surface area contributed by atoms with E-state index in [1.165, 1.54) is 0 Å². The van der Waals surface area contributed by atoms with Crippen LogP contribution in [-0.2, 0) is 16.0 Å². The van der Waals surface area contributed by atoms with Crippen LogP contribution in [0.2, 0.25) is 0 Å². The maximum Gasteiger partial charge on any atom is 0.227 e. The number of terminal acetylenes is 1. The first-order chi connectivity index (χ1) is 8.75. The third kappa shape index (κ3) is 1.61. The lowest BCUT2D eigenvalue weighted by molar-refractivity contribution is -0.199. The fourth-order valence-electron chi connectivity index (χ4n) is 2.64. The van der Waals surface area contributed by atoms with Crippen LogP contribution in [0.5, 0.6) is 0 Å². The van der Waals surface area contributed by atoms with Gasteiger partial charge in [-0.25, -0.2) is 0 Å². The summed E-state index contributed by atoms with van der Waals surface area (Å²) in [6.07, 6.45) is 6.90. The standard InChI is InChI=1S/C15H15NO2/c1-2-12-5-3-4-6-13(12)9-14(17)16-8-7-15(16)10-18-11-15/h1,3-6H,7-11H2. The van der Waals surface area contributed by atoms with Crippen molar-refractivity contribution >= 4 is 5.91 Å². The summed E-state index contributed by atoms with van der Waals surface area (Å²) in [5, 5.41) is 0. The van der Waals surface area contributed by atoms with Crippen LogP contribution in [0.15, 0.2) is 24.3 Å². The Hall–Kier alpha value is -1.79. The van der Waals surface area contributed by atoms with Gasteiger partial charge in [0.15, 0.2) is 0 Å². The van der Waals surface area contributed by atoms with E-state index in [1.807, 2.05) is 29.2 Å². The molecule has 3 nitrogen and oxygen atoms in total. The molecule has 18 heavy (non-hydrogen) atoms. The minimum atomic E-state index is 0.0160. The smallest absolute Gasteiger partial charge is 0.227 e. The number of rotatable bonds is 2. The molecule has 0 N–H and O–H groups in total. The zero-order valence-corrected chi connectivity index (χ0v) is 10.2. The Morgan fingerprint density at radius 2 is 2.22 bits per heavy atom. The number of ether oxygens (including phenoxy) is 1. The van der Waals surface area contributed by atoms with Crippen LogP contribution in [0, 0.1) is 12.3 Å². The third-order valence-electron chi connectivity index (χ3n) is 3.93. The Balaban J connectivity index is 1.73. The molecule has 1 aromatic carbocycles. The lowest BCUT2D eigenvalue weighted by atomic mass is 9.82. The SMILES string of the molecule is C#Cc1ccccc1CC(=O)N1CCC12COC2. The molecule has 3 heteroatoms. The van der Waals surface area contributed by atoms with E-state index >= 15 is 0 Å². The molecule has 3 rings (SSSR count). The van der Waals surface area contributed by atoms with Crippen molar-refractivity contribution in [1.82, 2.24) is 4.90 Å². The summed E-state index contributed by atoms with van der Waals surface area (Å²) in [5.74, 6) is 2.79. The zero-order valence-electron chi connectivity index (χ0n) is 10.2. The van der Waals surface area contributed by atoms with Gasteiger partial charge >= 0.3 is 0 Å². The van der Waals surface area contributed by atoms with Crippen molar-refractivity contribution in [3.8, 4) is 12.3 Å². The maximum atomic E-state index is 12.3. The molecule has 2 fully saturated rings. The number of carbonyl (C=O) groups excluding carboxylic acids is 1. The highest BCUT2D eigenvalue weighted by molar-refractivity contribution is 5.81. The van der Waals surface area contributed by atoms with Crippen LogP contribution in [0.1, 0.15) is 17.5 Å². The summed E-state index contributed by atoms with van der Waals surface area (Å²) in [6, 6.07) is 7.62. The second-order valence-corrected chi connectivity index (χ2v) is 4.99. The first-order valence-corrected chi connectivity index (χ1v) is 6.18. The molecule has 1 amide bonds. The van der Waals surface area contributed by atoms with Crippen molar-refractivity contribution in [3.63, 3.8) is 0 Å². The van der Waals surface area contributed by atoms with Crippen LogP contribution in [0.25, 0.3) is 0 Å². The average molecular weight is 241 g/mol. The van der Waals surface area contributed by atoms with Crippen LogP contribution < -0.4 is 0 Å². The fourth-order valence-corrected chi connectivity index (χ4v) is 2.64. The Morgan fingerprint density at radius 1 is 1.44 bits per heavy atom. The van der Waals surface area contributed by atoms with Gasteiger partial charge in [-0.2, -0.15) is 0 Å². The van der Waals surface area contributed by atoms with E-state index < -0.39 is 0 Å². The summed E-state index contributed by atoms with van der Waals surface area (Å²) < 4.78 is 5.23. The van der Waals surface area contributed by atoms with Crippen molar-refractivity contribution in [3.05, 3.63) is 35.4 Å². The van der Waals surface area contributed by atoms with Gasteiger partial charge in [0.25, 0.3) is 0 Å². The van der Waals surface area contributed by atoms with Gasteiger partial charge in [-0.05, 0) is 18.1 Å². The lowest BCUT2D eigenvalue weighted by Gasteiger charge is -2.57. The van der Waals surface area contributed by atoms with E-state index in [9.17, 15) is 4.79 Å². The van der Waals surface area contributed by atoms with Crippen molar-refractivity contribution in [1.29, 1.82) is 0 Å². The van der Waals surface area contributed by atoms with Gasteiger partial charge in [-0.15, -0.1) is 6.42 Å². The van der Waals surface area contributed by atoms with Crippen LogP contribution in [0.4, 0.5) is 0 Å². The van der Waals surface area contributed by atoms with Crippen molar-refractivity contribution in [2.45, 2.75) is 18.4 Å². The van der Waals surface area contributed by atoms with Gasteiger partial charge in [0.1, 0.15) is 0 Å². The normalized spacial score (nSPS) is 19.8. The summed E-state index contributed by atoms with van der Waals surface area (Å²) in [6.45, 7) is 2.23. The van der Waals surface area contributed by atoms with Gasteiger partial charge in [0, 0.05) is 12.1 Å². The van der Waals surface area contributed by atoms with E-state index in [0.717, 1.165) is 24.1 Å². The minimum Gasteiger partial charge on any atom is -0.376 e. The zero-order chi connectivity index (χ0) is 12.6. The Bertz CT molecular complexity index is 520. The fraction of sp³-hybridized carbons (Fsp3) is 0.400. The number of benzene rings is 1. The Labute approximate surface area is 107 Å². The highest BCUT2D eigenvalue weighted by Gasteiger charge is 2.52. The van der Waals surface area contributed by atoms with E-state index in [-0.39, 0.29) is 11.4 Å². The molecule has 2 aliphatic heterocycles. The summed E-state index contributed by atoms with van der Waals surface area (Å²) >= 11 is 0. The molecule has 0 saturated carbocycles. The first-order valence-electron chi connectivity index (χ1n) is 6.18. The molecule has 2 aliphatic rings. The molecule has 0 bridgehead atoms. The van der Waals surface area contributed by atoms with E-state index in [4.69, 9.17) is 11.2 Å². The molecule has 0 unspecified atom stereocenters. The monoisotopic (exact) mass is 241 g/mol. The molecule has 2 saturated heterocycles. The Morgan fingerprint density at radius 3 is 2.78 bits per heavy atom. The molecule has 1 aromatic rings. The number of amides is 1. The first kappa shape index (κ1) is 11.3. The van der Waals surface area contributed by atoms with Crippen LogP contribution >= 0.6 is 0 Å².